The predicted molar refractivity (Wildman–Crippen MR) is 89.9 cm³/mol. The summed E-state index contributed by atoms with van der Waals surface area (Å²) in [5.41, 5.74) is 0.988. The summed E-state index contributed by atoms with van der Waals surface area (Å²) < 4.78 is 44.0. The highest BCUT2D eigenvalue weighted by atomic mass is 32.2. The van der Waals surface area contributed by atoms with Crippen LogP contribution in [0.4, 0.5) is 0 Å². The topological polar surface area (TPSA) is 72.8 Å². The Labute approximate surface area is 135 Å². The van der Waals surface area contributed by atoms with Crippen molar-refractivity contribution >= 4 is 27.3 Å². The second-order valence-corrected chi connectivity index (χ2v) is 9.43. The molecule has 1 aromatic rings. The molecule has 1 unspecified atom stereocenters. The third-order valence-corrected chi connectivity index (χ3v) is 5.43. The molecule has 0 radical (unpaired) electrons. The van der Waals surface area contributed by atoms with E-state index in [1.54, 1.807) is 18.3 Å². The first-order valence-corrected chi connectivity index (χ1v) is 9.55. The van der Waals surface area contributed by atoms with E-state index in [0.29, 0.717) is 12.8 Å². The minimum absolute atomic E-state index is 0.0738. The summed E-state index contributed by atoms with van der Waals surface area (Å²) in [5.74, 6) is 0. The molecule has 5 nitrogen and oxygen atoms in total. The lowest BCUT2D eigenvalue weighted by Crippen LogP contribution is -2.19. The summed E-state index contributed by atoms with van der Waals surface area (Å²) in [6.07, 6.45) is 2.57. The highest BCUT2D eigenvalue weighted by Crippen LogP contribution is 2.14. The average molecular weight is 345 g/mol. The van der Waals surface area contributed by atoms with Gasteiger partial charge in [-0.05, 0) is 52.7 Å². The van der Waals surface area contributed by atoms with Crippen LogP contribution in [0.1, 0.15) is 39.2 Å². The number of nitrogens with zero attached hydrogens (tertiary/aromatic N) is 1. The molecule has 0 bridgehead atoms. The molecular formula is C15H23NO4S2. The first-order chi connectivity index (χ1) is 10.1. The number of rotatable bonds is 7. The molecule has 0 spiro atoms. The molecule has 124 valence electrons. The van der Waals surface area contributed by atoms with Crippen LogP contribution in [0.25, 0.3) is 0 Å². The van der Waals surface area contributed by atoms with Gasteiger partial charge >= 0.3 is 0 Å². The van der Waals surface area contributed by atoms with Crippen LogP contribution in [-0.4, -0.2) is 30.2 Å². The highest BCUT2D eigenvalue weighted by Gasteiger charge is 2.18. The molecule has 1 atom stereocenters. The number of unbranched alkanes of at least 4 members (excludes halogenated alkanes) is 1. The van der Waals surface area contributed by atoms with E-state index < -0.39 is 21.1 Å². The maximum absolute atomic E-state index is 11.9. The van der Waals surface area contributed by atoms with E-state index in [0.717, 1.165) is 5.56 Å². The van der Waals surface area contributed by atoms with Gasteiger partial charge in [-0.25, -0.2) is 4.21 Å². The molecule has 1 aromatic carbocycles. The van der Waals surface area contributed by atoms with Crippen molar-refractivity contribution in [1.29, 1.82) is 0 Å². The van der Waals surface area contributed by atoms with Crippen molar-refractivity contribution in [2.45, 2.75) is 50.2 Å². The SMILES string of the molecule is Cc1ccc(S(=O)(=O)OCCC/C=N/S(=O)C(C)(C)C)cc1. The first kappa shape index (κ1) is 19.0. The molecule has 0 aliphatic carbocycles. The van der Waals surface area contributed by atoms with E-state index in [-0.39, 0.29) is 16.2 Å². The standard InChI is InChI=1S/C15H23NO4S2/c1-13-7-9-14(10-8-13)22(18,19)20-12-6-5-11-16-21(17)15(2,3)4/h7-11H,5-6,12H2,1-4H3/b16-11+. The zero-order valence-electron chi connectivity index (χ0n) is 13.4. The monoisotopic (exact) mass is 345 g/mol. The fourth-order valence-corrected chi connectivity index (χ4v) is 2.89. The van der Waals surface area contributed by atoms with E-state index in [9.17, 15) is 12.6 Å². The lowest BCUT2D eigenvalue weighted by atomic mass is 10.2. The van der Waals surface area contributed by atoms with Gasteiger partial charge in [-0.1, -0.05) is 17.7 Å². The summed E-state index contributed by atoms with van der Waals surface area (Å²) in [4.78, 5) is 0.153. The minimum atomic E-state index is -3.71. The Morgan fingerprint density at radius 2 is 1.82 bits per heavy atom. The van der Waals surface area contributed by atoms with Crippen molar-refractivity contribution in [2.75, 3.05) is 6.61 Å². The lowest BCUT2D eigenvalue weighted by Gasteiger charge is -2.12. The van der Waals surface area contributed by atoms with Crippen LogP contribution in [0.3, 0.4) is 0 Å². The van der Waals surface area contributed by atoms with Crippen LogP contribution in [0, 0.1) is 6.92 Å². The molecule has 0 aliphatic heterocycles. The summed E-state index contributed by atoms with van der Waals surface area (Å²) >= 11 is 0. The van der Waals surface area contributed by atoms with Gasteiger partial charge in [0.1, 0.15) is 11.0 Å². The van der Waals surface area contributed by atoms with Gasteiger partial charge in [-0.2, -0.15) is 12.8 Å². The Kier molecular flexibility index (Phi) is 6.90. The zero-order valence-corrected chi connectivity index (χ0v) is 15.0. The second kappa shape index (κ2) is 7.99. The normalized spacial score (nSPS) is 14.4. The van der Waals surface area contributed by atoms with Gasteiger partial charge in [0, 0.05) is 6.21 Å². The largest absolute Gasteiger partial charge is 0.296 e. The first-order valence-electron chi connectivity index (χ1n) is 7.03. The summed E-state index contributed by atoms with van der Waals surface area (Å²) in [6, 6.07) is 6.51. The Balaban J connectivity index is 2.40. The van der Waals surface area contributed by atoms with E-state index in [4.69, 9.17) is 4.18 Å². The smallest absolute Gasteiger partial charge is 0.266 e. The quantitative estimate of drug-likeness (QED) is 0.432. The van der Waals surface area contributed by atoms with Crippen LogP contribution in [0.15, 0.2) is 33.6 Å². The van der Waals surface area contributed by atoms with Crippen LogP contribution < -0.4 is 0 Å². The van der Waals surface area contributed by atoms with Gasteiger partial charge in [0.25, 0.3) is 10.1 Å². The molecular weight excluding hydrogens is 322 g/mol. The second-order valence-electron chi connectivity index (χ2n) is 5.88. The van der Waals surface area contributed by atoms with Gasteiger partial charge < -0.3 is 0 Å². The van der Waals surface area contributed by atoms with Crippen LogP contribution in [0.2, 0.25) is 0 Å². The van der Waals surface area contributed by atoms with E-state index in [1.807, 2.05) is 27.7 Å². The fraction of sp³-hybridized carbons (Fsp3) is 0.533. The Morgan fingerprint density at radius 1 is 1.23 bits per heavy atom. The van der Waals surface area contributed by atoms with Crippen LogP contribution in [0.5, 0.6) is 0 Å². The van der Waals surface area contributed by atoms with E-state index in [1.165, 1.54) is 12.1 Å². The molecule has 0 saturated carbocycles. The molecule has 0 heterocycles. The van der Waals surface area contributed by atoms with Gasteiger partial charge in [0.2, 0.25) is 0 Å². The van der Waals surface area contributed by atoms with Crippen molar-refractivity contribution in [3.05, 3.63) is 29.8 Å². The van der Waals surface area contributed by atoms with Crippen LogP contribution in [-0.2, 0) is 25.3 Å². The van der Waals surface area contributed by atoms with Gasteiger partial charge in [-0.15, -0.1) is 0 Å². The van der Waals surface area contributed by atoms with Crippen molar-refractivity contribution < 1.29 is 16.8 Å². The predicted octanol–water partition coefficient (Wildman–Crippen LogP) is 3.01. The average Bonchev–Trinajstić information content (AvgIpc) is 2.41. The maximum Gasteiger partial charge on any atom is 0.296 e. The number of aryl methyl sites for hydroxylation is 1. The molecule has 0 fully saturated rings. The number of benzene rings is 1. The Morgan fingerprint density at radius 3 is 2.36 bits per heavy atom. The molecule has 0 aromatic heterocycles. The number of hydrogen-bond acceptors (Lipinski definition) is 4. The molecule has 7 heteroatoms. The maximum atomic E-state index is 11.9. The third kappa shape index (κ3) is 6.37. The van der Waals surface area contributed by atoms with E-state index >= 15 is 0 Å². The fourth-order valence-electron chi connectivity index (χ4n) is 1.39. The van der Waals surface area contributed by atoms with Crippen LogP contribution >= 0.6 is 0 Å². The zero-order chi connectivity index (χ0) is 16.8. The third-order valence-electron chi connectivity index (χ3n) is 2.72. The molecule has 0 aliphatic rings. The molecule has 22 heavy (non-hydrogen) atoms. The lowest BCUT2D eigenvalue weighted by molar-refractivity contribution is 0.315. The number of hydrogen-bond donors (Lipinski definition) is 0. The van der Waals surface area contributed by atoms with Gasteiger partial charge in [-0.3, -0.25) is 4.18 Å². The summed E-state index contributed by atoms with van der Waals surface area (Å²) in [7, 11) is -4.99. The molecule has 0 N–H and O–H groups in total. The summed E-state index contributed by atoms with van der Waals surface area (Å²) in [5, 5.41) is 0. The molecule has 0 amide bonds. The summed E-state index contributed by atoms with van der Waals surface area (Å²) in [6.45, 7) is 7.50. The van der Waals surface area contributed by atoms with Crippen molar-refractivity contribution in [3.8, 4) is 0 Å². The van der Waals surface area contributed by atoms with Gasteiger partial charge in [0.05, 0.1) is 16.2 Å². The van der Waals surface area contributed by atoms with E-state index in [2.05, 4.69) is 4.40 Å². The Hall–Kier alpha value is -1.05. The minimum Gasteiger partial charge on any atom is -0.266 e. The Bertz CT molecular complexity index is 629. The molecule has 1 rings (SSSR count). The highest BCUT2D eigenvalue weighted by molar-refractivity contribution is 7.86. The van der Waals surface area contributed by atoms with Crippen molar-refractivity contribution in [1.82, 2.24) is 0 Å². The van der Waals surface area contributed by atoms with Crippen molar-refractivity contribution in [3.63, 3.8) is 0 Å². The van der Waals surface area contributed by atoms with Crippen molar-refractivity contribution in [2.24, 2.45) is 4.40 Å². The van der Waals surface area contributed by atoms with Gasteiger partial charge in [0.15, 0.2) is 0 Å². The molecule has 0 saturated heterocycles.